The number of aromatic nitrogens is 6. The minimum absolute atomic E-state index is 0.193. The van der Waals surface area contributed by atoms with Crippen LogP contribution in [0.2, 0.25) is 0 Å². The highest BCUT2D eigenvalue weighted by atomic mass is 16.5. The van der Waals surface area contributed by atoms with E-state index in [1.165, 1.54) is 0 Å². The quantitative estimate of drug-likeness (QED) is 0.246. The predicted molar refractivity (Wildman–Crippen MR) is 160 cm³/mol. The first-order valence-corrected chi connectivity index (χ1v) is 15.0. The maximum atomic E-state index is 9.78. The number of ether oxygens (including phenoxy) is 2. The molecule has 0 amide bonds. The molecule has 0 radical (unpaired) electrons. The van der Waals surface area contributed by atoms with Crippen molar-refractivity contribution in [1.82, 2.24) is 35.9 Å². The van der Waals surface area contributed by atoms with E-state index < -0.39 is 5.41 Å². The maximum absolute atomic E-state index is 9.78. The average Bonchev–Trinajstić information content (AvgIpc) is 3.57. The Morgan fingerprint density at radius 3 is 2.67 bits per heavy atom. The molecule has 2 atom stereocenters. The molecule has 12 heteroatoms. The number of tetrazole rings is 1. The number of hydrogen-bond acceptors (Lipinski definition) is 11. The molecule has 0 unspecified atom stereocenters. The number of nitrogens with zero attached hydrogens (tertiary/aromatic N) is 6. The third-order valence-corrected chi connectivity index (χ3v) is 8.34. The zero-order valence-electron chi connectivity index (χ0n) is 24.8. The molecule has 1 aliphatic carbocycles. The van der Waals surface area contributed by atoms with E-state index in [1.807, 2.05) is 31.3 Å². The first-order chi connectivity index (χ1) is 20.4. The van der Waals surface area contributed by atoms with Gasteiger partial charge < -0.3 is 25.4 Å². The number of nitriles is 1. The van der Waals surface area contributed by atoms with Crippen LogP contribution in [0.3, 0.4) is 0 Å². The van der Waals surface area contributed by atoms with Crippen molar-refractivity contribution < 1.29 is 9.47 Å². The SMILES string of the molecule is Cc1cnc(N[C@H]2CC[C@H](N[C@@H](C)CO[C@@H](C)c3nn[nH]n3)CC2)cc1-c1cccc(NCC2(C#N)CCOCC2)n1. The van der Waals surface area contributed by atoms with E-state index >= 15 is 0 Å². The van der Waals surface area contributed by atoms with Crippen molar-refractivity contribution in [2.45, 2.75) is 83.5 Å². The lowest BCUT2D eigenvalue weighted by molar-refractivity contribution is 0.0436. The second-order valence-corrected chi connectivity index (χ2v) is 11.7. The normalized spacial score (nSPS) is 21.7. The molecule has 2 aliphatic rings. The van der Waals surface area contributed by atoms with Gasteiger partial charge in [0.25, 0.3) is 0 Å². The van der Waals surface area contributed by atoms with Crippen LogP contribution in [0.4, 0.5) is 11.6 Å². The van der Waals surface area contributed by atoms with Crippen molar-refractivity contribution in [1.29, 1.82) is 5.26 Å². The summed E-state index contributed by atoms with van der Waals surface area (Å²) in [6, 6.07) is 11.7. The van der Waals surface area contributed by atoms with Gasteiger partial charge in [-0.3, -0.25) is 0 Å². The summed E-state index contributed by atoms with van der Waals surface area (Å²) in [6.45, 7) is 8.55. The van der Waals surface area contributed by atoms with Crippen molar-refractivity contribution in [2.24, 2.45) is 5.41 Å². The fourth-order valence-electron chi connectivity index (χ4n) is 5.68. The zero-order valence-corrected chi connectivity index (χ0v) is 24.8. The van der Waals surface area contributed by atoms with Gasteiger partial charge in [0.2, 0.25) is 5.82 Å². The minimum Gasteiger partial charge on any atom is -0.381 e. The molecular formula is C30H42N10O2. The van der Waals surface area contributed by atoms with Crippen LogP contribution in [-0.2, 0) is 9.47 Å². The smallest absolute Gasteiger partial charge is 0.202 e. The average molecular weight is 575 g/mol. The molecule has 1 saturated carbocycles. The van der Waals surface area contributed by atoms with E-state index in [4.69, 9.17) is 14.5 Å². The lowest BCUT2D eigenvalue weighted by Gasteiger charge is -2.32. The minimum atomic E-state index is -0.408. The monoisotopic (exact) mass is 574 g/mol. The van der Waals surface area contributed by atoms with Crippen LogP contribution in [0.5, 0.6) is 0 Å². The molecule has 2 fully saturated rings. The summed E-state index contributed by atoms with van der Waals surface area (Å²) in [5, 5.41) is 34.6. The first-order valence-electron chi connectivity index (χ1n) is 15.0. The Hall–Kier alpha value is -3.66. The van der Waals surface area contributed by atoms with Gasteiger partial charge in [-0.25, -0.2) is 9.97 Å². The number of rotatable bonds is 12. The Balaban J connectivity index is 1.11. The first kappa shape index (κ1) is 29.8. The Kier molecular flexibility index (Phi) is 9.94. The van der Waals surface area contributed by atoms with Crippen molar-refractivity contribution in [3.8, 4) is 17.3 Å². The van der Waals surface area contributed by atoms with E-state index in [0.717, 1.165) is 67.0 Å². The molecule has 0 aromatic carbocycles. The summed E-state index contributed by atoms with van der Waals surface area (Å²) in [5.74, 6) is 2.21. The highest BCUT2D eigenvalue weighted by molar-refractivity contribution is 5.68. The molecule has 3 aromatic heterocycles. The van der Waals surface area contributed by atoms with Crippen LogP contribution in [0, 0.1) is 23.7 Å². The molecule has 42 heavy (non-hydrogen) atoms. The molecule has 5 rings (SSSR count). The van der Waals surface area contributed by atoms with E-state index in [0.29, 0.717) is 44.3 Å². The fraction of sp³-hybridized carbons (Fsp3) is 0.600. The Labute approximate surface area is 247 Å². The summed E-state index contributed by atoms with van der Waals surface area (Å²) in [5.41, 5.74) is 2.60. The molecule has 0 bridgehead atoms. The van der Waals surface area contributed by atoms with Crippen LogP contribution < -0.4 is 16.0 Å². The molecule has 12 nitrogen and oxygen atoms in total. The third-order valence-electron chi connectivity index (χ3n) is 8.34. The summed E-state index contributed by atoms with van der Waals surface area (Å²) in [7, 11) is 0. The second-order valence-electron chi connectivity index (χ2n) is 11.7. The molecular weight excluding hydrogens is 532 g/mol. The van der Waals surface area contributed by atoms with Crippen molar-refractivity contribution in [3.63, 3.8) is 0 Å². The Bertz CT molecular complexity index is 1310. The van der Waals surface area contributed by atoms with Gasteiger partial charge in [-0.1, -0.05) is 11.3 Å². The number of pyridine rings is 2. The van der Waals surface area contributed by atoms with Crippen LogP contribution in [0.1, 0.15) is 69.9 Å². The lowest BCUT2D eigenvalue weighted by Crippen LogP contribution is -2.43. The molecule has 224 valence electrons. The van der Waals surface area contributed by atoms with Gasteiger partial charge in [0.15, 0.2) is 0 Å². The molecule has 1 saturated heterocycles. The zero-order chi connectivity index (χ0) is 29.4. The number of hydrogen-bond donors (Lipinski definition) is 4. The summed E-state index contributed by atoms with van der Waals surface area (Å²) in [6.07, 6.45) is 7.51. The van der Waals surface area contributed by atoms with Crippen LogP contribution in [-0.4, -0.2) is 75.1 Å². The number of aryl methyl sites for hydroxylation is 1. The van der Waals surface area contributed by atoms with Gasteiger partial charge in [0.1, 0.15) is 17.7 Å². The summed E-state index contributed by atoms with van der Waals surface area (Å²) in [4.78, 5) is 9.56. The van der Waals surface area contributed by atoms with Crippen LogP contribution >= 0.6 is 0 Å². The number of aromatic amines is 1. The van der Waals surface area contributed by atoms with Gasteiger partial charge in [-0.15, -0.1) is 10.2 Å². The second kappa shape index (κ2) is 14.0. The van der Waals surface area contributed by atoms with Gasteiger partial charge >= 0.3 is 0 Å². The maximum Gasteiger partial charge on any atom is 0.202 e. The fourth-order valence-corrected chi connectivity index (χ4v) is 5.68. The molecule has 3 aromatic rings. The molecule has 4 N–H and O–H groups in total. The molecule has 1 aliphatic heterocycles. The standard InChI is InChI=1S/C30H42N10O2/c1-20-16-32-28(15-25(20)26-5-4-6-27(36-26)33-19-30(18-31)11-13-41-14-12-30)35-24-9-7-23(8-10-24)34-21(2)17-42-22(3)29-37-39-40-38-29/h4-6,15-16,21-24,34H,7-14,17,19H2,1-3H3,(H,32,35)(H,33,36)(H,37,38,39,40)/t21-,22-,23-,24-/m0/s1. The van der Waals surface area contributed by atoms with Crippen LogP contribution in [0.15, 0.2) is 30.5 Å². The van der Waals surface area contributed by atoms with E-state index in [1.54, 1.807) is 0 Å². The van der Waals surface area contributed by atoms with Crippen molar-refractivity contribution in [3.05, 3.63) is 41.9 Å². The van der Waals surface area contributed by atoms with Gasteiger partial charge in [0.05, 0.1) is 23.8 Å². The lowest BCUT2D eigenvalue weighted by atomic mass is 9.82. The Morgan fingerprint density at radius 1 is 1.14 bits per heavy atom. The summed E-state index contributed by atoms with van der Waals surface area (Å²) >= 11 is 0. The topological polar surface area (TPSA) is 159 Å². The van der Waals surface area contributed by atoms with E-state index in [-0.39, 0.29) is 12.1 Å². The van der Waals surface area contributed by atoms with Gasteiger partial charge in [-0.2, -0.15) is 10.5 Å². The van der Waals surface area contributed by atoms with Gasteiger partial charge in [0, 0.05) is 49.6 Å². The highest BCUT2D eigenvalue weighted by Gasteiger charge is 2.32. The van der Waals surface area contributed by atoms with Crippen molar-refractivity contribution in [2.75, 3.05) is 37.0 Å². The number of anilines is 2. The number of H-pyrrole nitrogens is 1. The largest absolute Gasteiger partial charge is 0.381 e. The summed E-state index contributed by atoms with van der Waals surface area (Å²) < 4.78 is 11.4. The van der Waals surface area contributed by atoms with E-state index in [2.05, 4.69) is 67.5 Å². The van der Waals surface area contributed by atoms with E-state index in [9.17, 15) is 5.26 Å². The predicted octanol–water partition coefficient (Wildman–Crippen LogP) is 4.18. The third kappa shape index (κ3) is 7.79. The van der Waals surface area contributed by atoms with Crippen molar-refractivity contribution >= 4 is 11.6 Å². The number of nitrogens with one attached hydrogen (secondary N) is 4. The molecule has 4 heterocycles. The highest BCUT2D eigenvalue weighted by Crippen LogP contribution is 2.31. The molecule has 0 spiro atoms. The van der Waals surface area contributed by atoms with Gasteiger partial charge in [-0.05, 0) is 83.1 Å². The van der Waals surface area contributed by atoms with Crippen LogP contribution in [0.25, 0.3) is 11.3 Å². The Morgan fingerprint density at radius 2 is 1.93 bits per heavy atom.